The van der Waals surface area contributed by atoms with Gasteiger partial charge in [-0.3, -0.25) is 4.79 Å². The van der Waals surface area contributed by atoms with Crippen LogP contribution in [0, 0.1) is 0 Å². The average molecular weight is 311 g/mol. The van der Waals surface area contributed by atoms with E-state index in [0.29, 0.717) is 17.1 Å². The normalized spacial score (nSPS) is 19.2. The average Bonchev–Trinajstić information content (AvgIpc) is 3.07. The van der Waals surface area contributed by atoms with Crippen molar-refractivity contribution >= 4 is 21.8 Å². The van der Waals surface area contributed by atoms with Gasteiger partial charge in [0.25, 0.3) is 0 Å². The molecule has 110 valence electrons. The summed E-state index contributed by atoms with van der Waals surface area (Å²) in [6, 6.07) is 6.65. The van der Waals surface area contributed by atoms with Gasteiger partial charge in [0.1, 0.15) is 5.25 Å². The molecule has 8 nitrogen and oxygen atoms in total. The number of aromatic nitrogens is 4. The van der Waals surface area contributed by atoms with E-state index in [1.54, 1.807) is 24.3 Å². The number of H-pyrrole nitrogens is 1. The van der Waals surface area contributed by atoms with Gasteiger partial charge in [0, 0.05) is 24.2 Å². The van der Waals surface area contributed by atoms with Crippen LogP contribution in [-0.4, -0.2) is 46.7 Å². The van der Waals surface area contributed by atoms with Gasteiger partial charge >= 0.3 is 10.2 Å². The summed E-state index contributed by atoms with van der Waals surface area (Å²) in [5.41, 5.74) is 1.08. The Balaban J connectivity index is 1.91. The lowest BCUT2D eigenvalue weighted by Gasteiger charge is -2.16. The van der Waals surface area contributed by atoms with E-state index >= 15 is 0 Å². The molecule has 1 aliphatic rings. The van der Waals surface area contributed by atoms with E-state index in [-0.39, 0.29) is 13.0 Å². The van der Waals surface area contributed by atoms with Crippen molar-refractivity contribution in [2.45, 2.75) is 11.7 Å². The van der Waals surface area contributed by atoms with Gasteiger partial charge < -0.3 is 4.90 Å². The van der Waals surface area contributed by atoms with Gasteiger partial charge in [-0.15, -0.1) is 14.1 Å². The smallest absolute Gasteiger partial charge is 0.307 e. The van der Waals surface area contributed by atoms with Crippen molar-refractivity contribution in [3.05, 3.63) is 24.3 Å². The van der Waals surface area contributed by atoms with Gasteiger partial charge in [-0.2, -0.15) is 13.6 Å². The molecule has 2 aromatic rings. The lowest BCUT2D eigenvalue weighted by molar-refractivity contribution is -0.117. The molecule has 1 amide bonds. The van der Waals surface area contributed by atoms with Crippen LogP contribution in [0.25, 0.3) is 11.4 Å². The predicted molar refractivity (Wildman–Crippen MR) is 70.4 cm³/mol. The fourth-order valence-corrected chi connectivity index (χ4v) is 2.88. The Bertz CT molecular complexity index is 777. The minimum Gasteiger partial charge on any atom is -0.311 e. The molecule has 1 fully saturated rings. The topological polar surface area (TPSA) is 109 Å². The molecule has 2 heterocycles. The molecule has 21 heavy (non-hydrogen) atoms. The van der Waals surface area contributed by atoms with E-state index in [1.165, 1.54) is 4.90 Å². The quantitative estimate of drug-likeness (QED) is 0.815. The first-order chi connectivity index (χ1) is 9.95. The van der Waals surface area contributed by atoms with E-state index in [9.17, 15) is 17.1 Å². The minimum atomic E-state index is -4.73. The molecule has 1 unspecified atom stereocenters. The van der Waals surface area contributed by atoms with Crippen molar-refractivity contribution in [1.29, 1.82) is 0 Å². The number of nitrogens with one attached hydrogen (secondary N) is 1. The highest BCUT2D eigenvalue weighted by molar-refractivity contribution is 7.87. The fraction of sp³-hybridized carbons (Fsp3) is 0.273. The summed E-state index contributed by atoms with van der Waals surface area (Å²) in [4.78, 5) is 13.1. The van der Waals surface area contributed by atoms with Crippen LogP contribution in [0.1, 0.15) is 6.42 Å². The molecule has 1 aromatic carbocycles. The molecule has 3 rings (SSSR count). The maximum absolute atomic E-state index is 13.0. The molecule has 1 atom stereocenters. The number of nitrogens with zero attached hydrogens (tertiary/aromatic N) is 4. The van der Waals surface area contributed by atoms with Crippen molar-refractivity contribution in [2.75, 3.05) is 11.4 Å². The van der Waals surface area contributed by atoms with E-state index in [1.807, 2.05) is 0 Å². The fourth-order valence-electron chi connectivity index (χ4n) is 2.21. The summed E-state index contributed by atoms with van der Waals surface area (Å²) in [6.45, 7) is -0.201. The molecular weight excluding hydrogens is 301 g/mol. The number of hydrogen-bond donors (Lipinski definition) is 1. The van der Waals surface area contributed by atoms with Crippen LogP contribution in [0.4, 0.5) is 9.57 Å². The third-order valence-electron chi connectivity index (χ3n) is 3.25. The van der Waals surface area contributed by atoms with E-state index in [0.717, 1.165) is 0 Å². The Morgan fingerprint density at radius 2 is 2.19 bits per heavy atom. The van der Waals surface area contributed by atoms with Gasteiger partial charge in [-0.1, -0.05) is 12.1 Å². The standard InChI is InChI=1S/C11H10FN5O3S/c12-21(19,20)9-5-10(18)17(6-9)8-3-1-2-7(4-8)11-13-15-16-14-11/h1-4,9H,5-6H2,(H,13,14,15,16). The van der Waals surface area contributed by atoms with Gasteiger partial charge in [-0.25, -0.2) is 0 Å². The minimum absolute atomic E-state index is 0.201. The van der Waals surface area contributed by atoms with E-state index in [2.05, 4.69) is 20.6 Å². The summed E-state index contributed by atoms with van der Waals surface area (Å²) in [7, 11) is -4.73. The zero-order chi connectivity index (χ0) is 15.0. The summed E-state index contributed by atoms with van der Waals surface area (Å²) in [5.74, 6) is -0.0929. The molecule has 0 aliphatic carbocycles. The second-order valence-electron chi connectivity index (χ2n) is 4.59. The maximum atomic E-state index is 13.0. The molecule has 0 bridgehead atoms. The predicted octanol–water partition coefficient (Wildman–Crippen LogP) is 0.271. The Morgan fingerprint density at radius 1 is 1.38 bits per heavy atom. The summed E-state index contributed by atoms with van der Waals surface area (Å²) < 4.78 is 34.9. The molecular formula is C11H10FN5O3S. The molecule has 1 saturated heterocycles. The summed E-state index contributed by atoms with van der Waals surface area (Å²) >= 11 is 0. The number of carbonyl (C=O) groups is 1. The van der Waals surface area contributed by atoms with Crippen molar-refractivity contribution in [2.24, 2.45) is 0 Å². The Kier molecular flexibility index (Phi) is 3.16. The zero-order valence-corrected chi connectivity index (χ0v) is 11.4. The summed E-state index contributed by atoms with van der Waals surface area (Å²) in [6.07, 6.45) is -0.356. The van der Waals surface area contributed by atoms with Crippen LogP contribution in [0.3, 0.4) is 0 Å². The number of benzene rings is 1. The second kappa shape index (κ2) is 4.88. The number of halogens is 1. The van der Waals surface area contributed by atoms with Crippen LogP contribution < -0.4 is 4.90 Å². The van der Waals surface area contributed by atoms with Crippen molar-refractivity contribution in [1.82, 2.24) is 20.6 Å². The first-order valence-electron chi connectivity index (χ1n) is 6.03. The van der Waals surface area contributed by atoms with Crippen LogP contribution in [-0.2, 0) is 15.0 Å². The number of aromatic amines is 1. The van der Waals surface area contributed by atoms with E-state index in [4.69, 9.17) is 0 Å². The van der Waals surface area contributed by atoms with E-state index < -0.39 is 21.4 Å². The molecule has 1 N–H and O–H groups in total. The molecule has 1 aliphatic heterocycles. The van der Waals surface area contributed by atoms with Crippen molar-refractivity contribution in [3.63, 3.8) is 0 Å². The third-order valence-corrected chi connectivity index (χ3v) is 4.36. The number of rotatable bonds is 3. The van der Waals surface area contributed by atoms with Crippen molar-refractivity contribution in [3.8, 4) is 11.4 Å². The van der Waals surface area contributed by atoms with Crippen LogP contribution >= 0.6 is 0 Å². The van der Waals surface area contributed by atoms with Gasteiger partial charge in [0.15, 0.2) is 0 Å². The third kappa shape index (κ3) is 2.61. The second-order valence-corrected chi connectivity index (χ2v) is 6.21. The number of hydrogen-bond acceptors (Lipinski definition) is 6. The highest BCUT2D eigenvalue weighted by Gasteiger charge is 2.39. The van der Waals surface area contributed by atoms with Gasteiger partial charge in [-0.05, 0) is 17.3 Å². The molecule has 10 heteroatoms. The van der Waals surface area contributed by atoms with Crippen LogP contribution in [0.15, 0.2) is 24.3 Å². The number of carbonyl (C=O) groups excluding carboxylic acids is 1. The van der Waals surface area contributed by atoms with Crippen LogP contribution in [0.2, 0.25) is 0 Å². The van der Waals surface area contributed by atoms with Gasteiger partial charge in [0.05, 0.1) is 0 Å². The zero-order valence-electron chi connectivity index (χ0n) is 10.6. The van der Waals surface area contributed by atoms with Gasteiger partial charge in [0.2, 0.25) is 11.7 Å². The first kappa shape index (κ1) is 13.6. The van der Waals surface area contributed by atoms with Crippen molar-refractivity contribution < 1.29 is 17.1 Å². The lowest BCUT2D eigenvalue weighted by atomic mass is 10.2. The SMILES string of the molecule is O=C1CC(S(=O)(=O)F)CN1c1cccc(-c2nn[nH]n2)c1. The highest BCUT2D eigenvalue weighted by Crippen LogP contribution is 2.28. The molecule has 0 spiro atoms. The monoisotopic (exact) mass is 311 g/mol. The molecule has 1 aromatic heterocycles. The largest absolute Gasteiger partial charge is 0.311 e. The van der Waals surface area contributed by atoms with Crippen LogP contribution in [0.5, 0.6) is 0 Å². The number of amides is 1. The molecule has 0 radical (unpaired) electrons. The highest BCUT2D eigenvalue weighted by atomic mass is 32.3. The lowest BCUT2D eigenvalue weighted by Crippen LogP contribution is -2.26. The Morgan fingerprint density at radius 3 is 2.81 bits per heavy atom. The Labute approximate surface area is 119 Å². The Hall–Kier alpha value is -2.36. The first-order valence-corrected chi connectivity index (χ1v) is 7.47. The maximum Gasteiger partial charge on any atom is 0.307 e. The number of anilines is 1. The number of tetrazole rings is 1. The summed E-state index contributed by atoms with van der Waals surface area (Å²) in [5, 5.41) is 12.1. The molecule has 0 saturated carbocycles.